The van der Waals surface area contributed by atoms with Gasteiger partial charge in [0.25, 0.3) is 5.91 Å². The Hall–Kier alpha value is -1.99. The SMILES string of the molecule is Cc1c[nH]c2nccc(N3C=C(C(=O)NC4CCNC4)SCC3)c12. The summed E-state index contributed by atoms with van der Waals surface area (Å²) >= 11 is 1.63. The number of rotatable bonds is 3. The number of aromatic amines is 1. The molecule has 126 valence electrons. The number of anilines is 1. The third kappa shape index (κ3) is 2.89. The van der Waals surface area contributed by atoms with Crippen molar-refractivity contribution in [3.8, 4) is 0 Å². The molecule has 2 aromatic rings. The second-order valence-electron chi connectivity index (χ2n) is 6.22. The lowest BCUT2D eigenvalue weighted by atomic mass is 10.2. The van der Waals surface area contributed by atoms with Gasteiger partial charge in [0.2, 0.25) is 0 Å². The number of pyridine rings is 1. The van der Waals surface area contributed by atoms with Crippen molar-refractivity contribution in [3.63, 3.8) is 0 Å². The molecular weight excluding hydrogens is 322 g/mol. The van der Waals surface area contributed by atoms with E-state index in [9.17, 15) is 4.79 Å². The number of carbonyl (C=O) groups excluding carboxylic acids is 1. The number of hydrogen-bond donors (Lipinski definition) is 3. The third-order valence-electron chi connectivity index (χ3n) is 4.54. The maximum absolute atomic E-state index is 12.5. The Balaban J connectivity index is 1.61. The summed E-state index contributed by atoms with van der Waals surface area (Å²) in [5, 5.41) is 7.53. The van der Waals surface area contributed by atoms with Crippen molar-refractivity contribution in [2.75, 3.05) is 30.3 Å². The molecule has 1 saturated heterocycles. The van der Waals surface area contributed by atoms with Crippen LogP contribution in [0.3, 0.4) is 0 Å². The fourth-order valence-corrected chi connectivity index (χ4v) is 4.18. The molecule has 1 fully saturated rings. The van der Waals surface area contributed by atoms with Gasteiger partial charge in [-0.25, -0.2) is 4.98 Å². The van der Waals surface area contributed by atoms with Crippen LogP contribution in [0.5, 0.6) is 0 Å². The van der Waals surface area contributed by atoms with Crippen LogP contribution in [0.25, 0.3) is 11.0 Å². The van der Waals surface area contributed by atoms with Gasteiger partial charge in [-0.15, -0.1) is 11.8 Å². The van der Waals surface area contributed by atoms with Crippen molar-refractivity contribution in [2.45, 2.75) is 19.4 Å². The average Bonchev–Trinajstić information content (AvgIpc) is 3.25. The van der Waals surface area contributed by atoms with Crippen LogP contribution >= 0.6 is 11.8 Å². The van der Waals surface area contributed by atoms with Gasteiger partial charge in [-0.05, 0) is 31.5 Å². The van der Waals surface area contributed by atoms with Crippen molar-refractivity contribution in [1.29, 1.82) is 0 Å². The first-order valence-electron chi connectivity index (χ1n) is 8.28. The number of thioether (sulfide) groups is 1. The molecule has 0 bridgehead atoms. The lowest BCUT2D eigenvalue weighted by Crippen LogP contribution is -2.38. The van der Waals surface area contributed by atoms with E-state index in [-0.39, 0.29) is 11.9 Å². The molecule has 4 heterocycles. The zero-order valence-electron chi connectivity index (χ0n) is 13.6. The predicted octanol–water partition coefficient (Wildman–Crippen LogP) is 1.74. The van der Waals surface area contributed by atoms with E-state index in [2.05, 4.69) is 32.4 Å². The molecule has 4 rings (SSSR count). The highest BCUT2D eigenvalue weighted by atomic mass is 32.2. The van der Waals surface area contributed by atoms with E-state index in [1.807, 2.05) is 24.7 Å². The summed E-state index contributed by atoms with van der Waals surface area (Å²) in [6.07, 6.45) is 6.77. The maximum Gasteiger partial charge on any atom is 0.259 e. The van der Waals surface area contributed by atoms with Crippen molar-refractivity contribution in [3.05, 3.63) is 35.1 Å². The third-order valence-corrected chi connectivity index (χ3v) is 5.53. The van der Waals surface area contributed by atoms with E-state index in [0.29, 0.717) is 0 Å². The van der Waals surface area contributed by atoms with E-state index in [0.717, 1.165) is 53.4 Å². The number of aryl methyl sites for hydroxylation is 1. The van der Waals surface area contributed by atoms with E-state index in [4.69, 9.17) is 0 Å². The zero-order chi connectivity index (χ0) is 16.5. The maximum atomic E-state index is 12.5. The van der Waals surface area contributed by atoms with E-state index in [1.165, 1.54) is 5.56 Å². The van der Waals surface area contributed by atoms with Crippen LogP contribution in [0.1, 0.15) is 12.0 Å². The molecule has 6 nitrogen and oxygen atoms in total. The van der Waals surface area contributed by atoms with Crippen LogP contribution in [0.2, 0.25) is 0 Å². The first kappa shape index (κ1) is 15.5. The van der Waals surface area contributed by atoms with Gasteiger partial charge in [0.05, 0.1) is 10.6 Å². The number of aromatic nitrogens is 2. The molecule has 0 saturated carbocycles. The smallest absolute Gasteiger partial charge is 0.259 e. The number of fused-ring (bicyclic) bond motifs is 1. The van der Waals surface area contributed by atoms with Crippen LogP contribution in [0.15, 0.2) is 29.6 Å². The highest BCUT2D eigenvalue weighted by Gasteiger charge is 2.23. The van der Waals surface area contributed by atoms with Gasteiger partial charge < -0.3 is 20.5 Å². The highest BCUT2D eigenvalue weighted by molar-refractivity contribution is 8.04. The largest absolute Gasteiger partial charge is 0.347 e. The molecule has 1 atom stereocenters. The summed E-state index contributed by atoms with van der Waals surface area (Å²) in [6, 6.07) is 2.26. The van der Waals surface area contributed by atoms with Gasteiger partial charge in [-0.1, -0.05) is 0 Å². The Morgan fingerprint density at radius 1 is 1.50 bits per heavy atom. The number of amides is 1. The first-order valence-corrected chi connectivity index (χ1v) is 9.26. The van der Waals surface area contributed by atoms with Crippen LogP contribution in [0.4, 0.5) is 5.69 Å². The Kier molecular flexibility index (Phi) is 4.20. The molecule has 2 aliphatic rings. The van der Waals surface area contributed by atoms with Gasteiger partial charge in [0.1, 0.15) is 5.65 Å². The van der Waals surface area contributed by atoms with Gasteiger partial charge in [0, 0.05) is 48.9 Å². The summed E-state index contributed by atoms with van der Waals surface area (Å²) in [4.78, 5) is 23.1. The number of carbonyl (C=O) groups is 1. The van der Waals surface area contributed by atoms with Crippen molar-refractivity contribution in [2.24, 2.45) is 0 Å². The molecule has 2 aromatic heterocycles. The molecule has 24 heavy (non-hydrogen) atoms. The number of hydrogen-bond acceptors (Lipinski definition) is 5. The van der Waals surface area contributed by atoms with E-state index in [1.54, 1.807) is 11.8 Å². The minimum Gasteiger partial charge on any atom is -0.347 e. The zero-order valence-corrected chi connectivity index (χ0v) is 14.4. The minimum atomic E-state index is 0.0366. The summed E-state index contributed by atoms with van der Waals surface area (Å²) in [7, 11) is 0. The quantitative estimate of drug-likeness (QED) is 0.792. The van der Waals surface area contributed by atoms with Crippen LogP contribution in [-0.2, 0) is 4.79 Å². The van der Waals surface area contributed by atoms with E-state index < -0.39 is 0 Å². The Labute approximate surface area is 145 Å². The lowest BCUT2D eigenvalue weighted by Gasteiger charge is -2.27. The Bertz CT molecular complexity index is 793. The number of nitrogens with one attached hydrogen (secondary N) is 3. The minimum absolute atomic E-state index is 0.0366. The summed E-state index contributed by atoms with van der Waals surface area (Å²) < 4.78 is 0. The summed E-state index contributed by atoms with van der Waals surface area (Å²) in [5.41, 5.74) is 3.16. The van der Waals surface area contributed by atoms with Gasteiger partial charge in [-0.3, -0.25) is 4.79 Å². The molecule has 3 N–H and O–H groups in total. The molecule has 0 spiro atoms. The van der Waals surface area contributed by atoms with Crippen LogP contribution < -0.4 is 15.5 Å². The highest BCUT2D eigenvalue weighted by Crippen LogP contribution is 2.32. The van der Waals surface area contributed by atoms with Gasteiger partial charge in [-0.2, -0.15) is 0 Å². The van der Waals surface area contributed by atoms with Crippen LogP contribution in [-0.4, -0.2) is 47.3 Å². The van der Waals surface area contributed by atoms with Gasteiger partial charge >= 0.3 is 0 Å². The number of nitrogens with zero attached hydrogens (tertiary/aromatic N) is 2. The lowest BCUT2D eigenvalue weighted by molar-refractivity contribution is -0.117. The predicted molar refractivity (Wildman–Crippen MR) is 98.1 cm³/mol. The first-order chi connectivity index (χ1) is 11.7. The van der Waals surface area contributed by atoms with Gasteiger partial charge in [0.15, 0.2) is 0 Å². The Morgan fingerprint density at radius 2 is 2.42 bits per heavy atom. The van der Waals surface area contributed by atoms with E-state index >= 15 is 0 Å². The fraction of sp³-hybridized carbons (Fsp3) is 0.412. The van der Waals surface area contributed by atoms with Crippen molar-refractivity contribution < 1.29 is 4.79 Å². The Morgan fingerprint density at radius 3 is 3.25 bits per heavy atom. The van der Waals surface area contributed by atoms with Crippen LogP contribution in [0, 0.1) is 6.92 Å². The fourth-order valence-electron chi connectivity index (χ4n) is 3.28. The molecule has 0 aromatic carbocycles. The topological polar surface area (TPSA) is 73.0 Å². The molecule has 1 unspecified atom stereocenters. The normalized spacial score (nSPS) is 21.1. The number of H-pyrrole nitrogens is 1. The van der Waals surface area contributed by atoms with Crippen molar-refractivity contribution >= 4 is 34.4 Å². The molecule has 7 heteroatoms. The second-order valence-corrected chi connectivity index (χ2v) is 7.36. The van der Waals surface area contributed by atoms with Crippen molar-refractivity contribution in [1.82, 2.24) is 20.6 Å². The standard InChI is InChI=1S/C17H21N5OS/c1-11-8-20-16-15(11)13(3-5-19-16)22-6-7-24-14(10-22)17(23)21-12-2-4-18-9-12/h3,5,8,10,12,18H,2,4,6-7,9H2,1H3,(H,19,20)(H,21,23). The molecule has 0 radical (unpaired) electrons. The second kappa shape index (κ2) is 6.49. The monoisotopic (exact) mass is 343 g/mol. The summed E-state index contributed by atoms with van der Waals surface area (Å²) in [5.74, 6) is 0.935. The molecule has 1 amide bonds. The molecule has 2 aliphatic heterocycles. The molecule has 0 aliphatic carbocycles. The average molecular weight is 343 g/mol. The molecular formula is C17H21N5OS. The summed E-state index contributed by atoms with van der Waals surface area (Å²) in [6.45, 7) is 4.80.